The predicted octanol–water partition coefficient (Wildman–Crippen LogP) is 4.91. The quantitative estimate of drug-likeness (QED) is 0.651. The first-order valence-corrected chi connectivity index (χ1v) is 9.64. The lowest BCUT2D eigenvalue weighted by atomic mass is 10.0. The van der Waals surface area contributed by atoms with E-state index in [0.717, 1.165) is 37.1 Å². The van der Waals surface area contributed by atoms with Crippen molar-refractivity contribution in [1.82, 2.24) is 15.0 Å². The Labute approximate surface area is 168 Å². The Hall–Kier alpha value is -3.19. The molecule has 1 saturated heterocycles. The van der Waals surface area contributed by atoms with Crippen molar-refractivity contribution in [2.24, 2.45) is 0 Å². The Balaban J connectivity index is 1.55. The molecule has 0 radical (unpaired) electrons. The third kappa shape index (κ3) is 4.14. The predicted molar refractivity (Wildman–Crippen MR) is 103 cm³/mol. The first-order valence-electron chi connectivity index (χ1n) is 8.83. The van der Waals surface area contributed by atoms with Crippen LogP contribution in [-0.2, 0) is 6.18 Å². The molecule has 29 heavy (non-hydrogen) atoms. The first kappa shape index (κ1) is 19.1. The standard InChI is InChI=1S/C19H15F3N6S/c20-19(21,22)13-5-3-12(4-6-13)15-2-1-7-28(15)17-11-24-10-16(26-17)27-18-25-9-14(8-23)29-18/h3-6,9-11,15H,1-2,7H2,(H,25,26,27). The largest absolute Gasteiger partial charge is 0.416 e. The number of anilines is 3. The summed E-state index contributed by atoms with van der Waals surface area (Å²) in [6, 6.07) is 7.25. The highest BCUT2D eigenvalue weighted by Gasteiger charge is 2.32. The molecule has 4 rings (SSSR count). The van der Waals surface area contributed by atoms with Gasteiger partial charge in [0.1, 0.15) is 16.8 Å². The summed E-state index contributed by atoms with van der Waals surface area (Å²) in [6.45, 7) is 0.736. The zero-order chi connectivity index (χ0) is 20.4. The number of rotatable bonds is 4. The summed E-state index contributed by atoms with van der Waals surface area (Å²) in [6.07, 6.45) is 2.05. The molecule has 1 aromatic carbocycles. The van der Waals surface area contributed by atoms with Crippen molar-refractivity contribution < 1.29 is 13.2 Å². The monoisotopic (exact) mass is 416 g/mol. The topological polar surface area (TPSA) is 77.7 Å². The van der Waals surface area contributed by atoms with Crippen molar-refractivity contribution >= 4 is 28.1 Å². The maximum Gasteiger partial charge on any atom is 0.416 e. The molecule has 1 aliphatic rings. The highest BCUT2D eigenvalue weighted by atomic mass is 32.1. The summed E-state index contributed by atoms with van der Waals surface area (Å²) in [5.41, 5.74) is 0.159. The van der Waals surface area contributed by atoms with Gasteiger partial charge in [0, 0.05) is 6.54 Å². The van der Waals surface area contributed by atoms with E-state index in [-0.39, 0.29) is 6.04 Å². The number of hydrogen-bond donors (Lipinski definition) is 1. The second-order valence-corrected chi connectivity index (χ2v) is 7.53. The van der Waals surface area contributed by atoms with Crippen LogP contribution in [0.25, 0.3) is 0 Å². The van der Waals surface area contributed by atoms with Crippen LogP contribution in [0.3, 0.4) is 0 Å². The molecule has 0 aliphatic carbocycles. The molecule has 1 aliphatic heterocycles. The molecule has 0 spiro atoms. The van der Waals surface area contributed by atoms with Crippen LogP contribution >= 0.6 is 11.3 Å². The number of hydrogen-bond acceptors (Lipinski definition) is 7. The van der Waals surface area contributed by atoms with Crippen LogP contribution in [-0.4, -0.2) is 21.5 Å². The highest BCUT2D eigenvalue weighted by molar-refractivity contribution is 7.16. The van der Waals surface area contributed by atoms with E-state index in [2.05, 4.69) is 20.3 Å². The molecule has 1 unspecified atom stereocenters. The highest BCUT2D eigenvalue weighted by Crippen LogP contribution is 2.37. The Bertz CT molecular complexity index is 1040. The molecular weight excluding hydrogens is 401 g/mol. The van der Waals surface area contributed by atoms with E-state index in [1.165, 1.54) is 29.7 Å². The number of halogens is 3. The third-order valence-corrected chi connectivity index (χ3v) is 5.46. The minimum atomic E-state index is -4.35. The number of nitriles is 1. The lowest BCUT2D eigenvalue weighted by Crippen LogP contribution is -2.24. The van der Waals surface area contributed by atoms with Gasteiger partial charge >= 0.3 is 6.18 Å². The second-order valence-electron chi connectivity index (χ2n) is 6.50. The van der Waals surface area contributed by atoms with Crippen LogP contribution < -0.4 is 10.2 Å². The smallest absolute Gasteiger partial charge is 0.348 e. The van der Waals surface area contributed by atoms with E-state index in [1.54, 1.807) is 12.4 Å². The minimum absolute atomic E-state index is 0.0631. The fourth-order valence-corrected chi connectivity index (χ4v) is 3.95. The van der Waals surface area contributed by atoms with E-state index < -0.39 is 11.7 Å². The van der Waals surface area contributed by atoms with Gasteiger partial charge in [-0.25, -0.2) is 9.97 Å². The molecule has 3 aromatic rings. The van der Waals surface area contributed by atoms with E-state index >= 15 is 0 Å². The Morgan fingerprint density at radius 1 is 1.17 bits per heavy atom. The van der Waals surface area contributed by atoms with Gasteiger partial charge in [0.05, 0.1) is 30.2 Å². The van der Waals surface area contributed by atoms with Gasteiger partial charge in [0.2, 0.25) is 0 Å². The van der Waals surface area contributed by atoms with E-state index in [9.17, 15) is 13.2 Å². The molecule has 0 amide bonds. The number of thiazole rings is 1. The number of alkyl halides is 3. The van der Waals surface area contributed by atoms with Gasteiger partial charge < -0.3 is 10.2 Å². The average Bonchev–Trinajstić information content (AvgIpc) is 3.37. The molecule has 10 heteroatoms. The van der Waals surface area contributed by atoms with Gasteiger partial charge in [-0.1, -0.05) is 23.5 Å². The molecule has 1 fully saturated rings. The number of benzene rings is 1. The molecular formula is C19H15F3N6S. The van der Waals surface area contributed by atoms with Gasteiger partial charge in [0.25, 0.3) is 0 Å². The first-order chi connectivity index (χ1) is 13.9. The SMILES string of the molecule is N#Cc1cnc(Nc2cncc(N3CCCC3c3ccc(C(F)(F)F)cc3)n2)s1. The van der Waals surface area contributed by atoms with Crippen LogP contribution in [0, 0.1) is 11.3 Å². The third-order valence-electron chi connectivity index (χ3n) is 4.64. The van der Waals surface area contributed by atoms with E-state index in [1.807, 2.05) is 11.0 Å². The fraction of sp³-hybridized carbons (Fsp3) is 0.263. The summed E-state index contributed by atoms with van der Waals surface area (Å²) in [5, 5.41) is 12.5. The normalized spacial score (nSPS) is 16.6. The molecule has 1 atom stereocenters. The van der Waals surface area contributed by atoms with Crippen molar-refractivity contribution in [2.75, 3.05) is 16.8 Å². The maximum absolute atomic E-state index is 12.8. The molecule has 2 aromatic heterocycles. The lowest BCUT2D eigenvalue weighted by molar-refractivity contribution is -0.137. The van der Waals surface area contributed by atoms with Crippen LogP contribution in [0.2, 0.25) is 0 Å². The van der Waals surface area contributed by atoms with E-state index in [4.69, 9.17) is 5.26 Å². The van der Waals surface area contributed by atoms with Gasteiger partial charge in [-0.3, -0.25) is 4.98 Å². The fourth-order valence-electron chi connectivity index (χ4n) is 3.33. The number of aromatic nitrogens is 3. The molecule has 1 N–H and O–H groups in total. The molecule has 6 nitrogen and oxygen atoms in total. The van der Waals surface area contributed by atoms with Gasteiger partial charge in [0.15, 0.2) is 10.9 Å². The molecule has 3 heterocycles. The Morgan fingerprint density at radius 2 is 1.97 bits per heavy atom. The summed E-state index contributed by atoms with van der Waals surface area (Å²) in [7, 11) is 0. The Morgan fingerprint density at radius 3 is 2.66 bits per heavy atom. The molecule has 148 valence electrons. The van der Waals surface area contributed by atoms with Crippen LogP contribution in [0.1, 0.15) is 34.9 Å². The molecule has 0 bridgehead atoms. The zero-order valence-corrected chi connectivity index (χ0v) is 15.8. The number of nitrogens with one attached hydrogen (secondary N) is 1. The summed E-state index contributed by atoms with van der Waals surface area (Å²) < 4.78 is 38.5. The van der Waals surface area contributed by atoms with Crippen LogP contribution in [0.5, 0.6) is 0 Å². The van der Waals surface area contributed by atoms with Crippen molar-refractivity contribution in [3.05, 3.63) is 58.9 Å². The summed E-state index contributed by atoms with van der Waals surface area (Å²) in [4.78, 5) is 15.4. The van der Waals surface area contributed by atoms with Gasteiger partial charge in [-0.05, 0) is 30.5 Å². The average molecular weight is 416 g/mol. The molecule has 0 saturated carbocycles. The maximum atomic E-state index is 12.8. The van der Waals surface area contributed by atoms with Crippen molar-refractivity contribution in [3.63, 3.8) is 0 Å². The van der Waals surface area contributed by atoms with Gasteiger partial charge in [-0.15, -0.1) is 0 Å². The number of nitrogens with zero attached hydrogens (tertiary/aromatic N) is 5. The van der Waals surface area contributed by atoms with Crippen LogP contribution in [0.4, 0.5) is 29.9 Å². The lowest BCUT2D eigenvalue weighted by Gasteiger charge is -2.26. The second kappa shape index (κ2) is 7.67. The summed E-state index contributed by atoms with van der Waals surface area (Å²) in [5.74, 6) is 1.12. The Kier molecular flexibility index (Phi) is 5.07. The zero-order valence-electron chi connectivity index (χ0n) is 15.0. The van der Waals surface area contributed by atoms with Crippen molar-refractivity contribution in [2.45, 2.75) is 25.1 Å². The summed E-state index contributed by atoms with van der Waals surface area (Å²) >= 11 is 1.21. The van der Waals surface area contributed by atoms with Crippen LogP contribution in [0.15, 0.2) is 42.9 Å². The van der Waals surface area contributed by atoms with Crippen molar-refractivity contribution in [3.8, 4) is 6.07 Å². The minimum Gasteiger partial charge on any atom is -0.348 e. The van der Waals surface area contributed by atoms with E-state index in [0.29, 0.717) is 21.6 Å². The van der Waals surface area contributed by atoms with Gasteiger partial charge in [-0.2, -0.15) is 18.4 Å². The van der Waals surface area contributed by atoms with Crippen molar-refractivity contribution in [1.29, 1.82) is 5.26 Å².